The minimum absolute atomic E-state index is 0.205. The molecule has 0 unspecified atom stereocenters. The molecule has 0 saturated carbocycles. The van der Waals surface area contributed by atoms with Gasteiger partial charge >= 0.3 is 5.97 Å². The normalized spacial score (nSPS) is 10.0. The van der Waals surface area contributed by atoms with E-state index in [1.54, 1.807) is 13.8 Å². The summed E-state index contributed by atoms with van der Waals surface area (Å²) in [5.41, 5.74) is 0. The van der Waals surface area contributed by atoms with Crippen molar-refractivity contribution < 1.29 is 14.3 Å². The van der Waals surface area contributed by atoms with Crippen molar-refractivity contribution in [2.75, 3.05) is 0 Å². The minimum atomic E-state index is -0.696. The third-order valence-corrected chi connectivity index (χ3v) is 1.33. The van der Waals surface area contributed by atoms with Gasteiger partial charge in [-0.1, -0.05) is 13.3 Å². The Labute approximate surface area is 73.1 Å². The highest BCUT2D eigenvalue weighted by Crippen LogP contribution is 1.98. The molecule has 0 heterocycles. The zero-order valence-corrected chi connectivity index (χ0v) is 7.92. The van der Waals surface area contributed by atoms with Crippen LogP contribution in [0.3, 0.4) is 0 Å². The molecular weight excluding hydrogens is 156 g/mol. The van der Waals surface area contributed by atoms with Gasteiger partial charge in [-0.2, -0.15) is 0 Å². The third kappa shape index (κ3) is 4.88. The van der Waals surface area contributed by atoms with Crippen LogP contribution < -0.4 is 0 Å². The highest BCUT2D eigenvalue weighted by atomic mass is 16.5. The first-order valence-corrected chi connectivity index (χ1v) is 4.31. The van der Waals surface area contributed by atoms with Gasteiger partial charge in [-0.05, 0) is 20.3 Å². The van der Waals surface area contributed by atoms with Gasteiger partial charge in [0.1, 0.15) is 0 Å². The van der Waals surface area contributed by atoms with Crippen molar-refractivity contribution >= 4 is 11.8 Å². The maximum Gasteiger partial charge on any atom is 0.374 e. The first-order chi connectivity index (χ1) is 5.57. The zero-order chi connectivity index (χ0) is 9.56. The van der Waals surface area contributed by atoms with Crippen molar-refractivity contribution in [2.45, 2.75) is 46.1 Å². The van der Waals surface area contributed by atoms with Crippen molar-refractivity contribution in [2.24, 2.45) is 0 Å². The largest absolute Gasteiger partial charge is 0.457 e. The molecule has 0 atom stereocenters. The van der Waals surface area contributed by atoms with Gasteiger partial charge in [-0.3, -0.25) is 4.79 Å². The van der Waals surface area contributed by atoms with Crippen LogP contribution in [0.15, 0.2) is 0 Å². The van der Waals surface area contributed by atoms with Gasteiger partial charge in [0, 0.05) is 6.42 Å². The fourth-order valence-corrected chi connectivity index (χ4v) is 0.719. The van der Waals surface area contributed by atoms with Crippen LogP contribution in [0.2, 0.25) is 0 Å². The Kier molecular flexibility index (Phi) is 5.34. The third-order valence-electron chi connectivity index (χ3n) is 1.33. The molecule has 0 aromatic carbocycles. The molecule has 70 valence electrons. The van der Waals surface area contributed by atoms with Crippen LogP contribution in [0.1, 0.15) is 40.0 Å². The number of ether oxygens (including phenoxy) is 1. The Bertz CT molecular complexity index is 161. The Hall–Kier alpha value is -0.860. The van der Waals surface area contributed by atoms with Crippen LogP contribution in [0.4, 0.5) is 0 Å². The number of ketones is 1. The van der Waals surface area contributed by atoms with E-state index in [-0.39, 0.29) is 6.10 Å². The predicted molar refractivity (Wildman–Crippen MR) is 45.8 cm³/mol. The molecule has 0 rings (SSSR count). The summed E-state index contributed by atoms with van der Waals surface area (Å²) < 4.78 is 4.72. The van der Waals surface area contributed by atoms with Crippen molar-refractivity contribution in [1.29, 1.82) is 0 Å². The molecule has 0 saturated heterocycles. The van der Waals surface area contributed by atoms with Crippen molar-refractivity contribution in [3.63, 3.8) is 0 Å². The van der Waals surface area contributed by atoms with E-state index in [2.05, 4.69) is 0 Å². The minimum Gasteiger partial charge on any atom is -0.457 e. The first kappa shape index (κ1) is 11.1. The molecule has 0 aliphatic rings. The van der Waals surface area contributed by atoms with Crippen LogP contribution in [0, 0.1) is 0 Å². The maximum atomic E-state index is 11.0. The summed E-state index contributed by atoms with van der Waals surface area (Å²) in [5, 5.41) is 0. The molecule has 3 heteroatoms. The average molecular weight is 172 g/mol. The average Bonchev–Trinajstić information content (AvgIpc) is 1.98. The lowest BCUT2D eigenvalue weighted by Gasteiger charge is -2.05. The van der Waals surface area contributed by atoms with Crippen LogP contribution >= 0.6 is 0 Å². The predicted octanol–water partition coefficient (Wildman–Crippen LogP) is 1.70. The van der Waals surface area contributed by atoms with Crippen LogP contribution in [0.25, 0.3) is 0 Å². The van der Waals surface area contributed by atoms with Gasteiger partial charge in [0.25, 0.3) is 0 Å². The summed E-state index contributed by atoms with van der Waals surface area (Å²) in [6.07, 6.45) is 1.78. The van der Waals surface area contributed by atoms with Crippen molar-refractivity contribution in [3.05, 3.63) is 0 Å². The first-order valence-electron chi connectivity index (χ1n) is 4.31. The lowest BCUT2D eigenvalue weighted by molar-refractivity contribution is -0.156. The van der Waals surface area contributed by atoms with Crippen molar-refractivity contribution in [3.8, 4) is 0 Å². The fourth-order valence-electron chi connectivity index (χ4n) is 0.719. The Balaban J connectivity index is 3.70. The molecule has 0 aromatic heterocycles. The summed E-state index contributed by atoms with van der Waals surface area (Å²) in [4.78, 5) is 21.9. The van der Waals surface area contributed by atoms with Crippen molar-refractivity contribution in [1.82, 2.24) is 0 Å². The summed E-state index contributed by atoms with van der Waals surface area (Å²) >= 11 is 0. The monoisotopic (exact) mass is 172 g/mol. The molecule has 12 heavy (non-hydrogen) atoms. The highest BCUT2D eigenvalue weighted by molar-refractivity contribution is 6.33. The number of esters is 1. The number of unbranched alkanes of at least 4 members (excludes halogenated alkanes) is 1. The number of carbonyl (C=O) groups is 2. The molecule has 0 spiro atoms. The van der Waals surface area contributed by atoms with Gasteiger partial charge in [0.15, 0.2) is 0 Å². The Morgan fingerprint density at radius 2 is 1.92 bits per heavy atom. The summed E-state index contributed by atoms with van der Waals surface area (Å²) in [6.45, 7) is 5.43. The van der Waals surface area contributed by atoms with E-state index in [1.807, 2.05) is 6.92 Å². The molecular formula is C9H16O3. The van der Waals surface area contributed by atoms with Crippen LogP contribution in [-0.4, -0.2) is 17.9 Å². The van der Waals surface area contributed by atoms with Gasteiger partial charge in [-0.15, -0.1) is 0 Å². The molecule has 0 aliphatic heterocycles. The standard InChI is InChI=1S/C9H16O3/c1-4-5-6-8(10)9(11)12-7(2)3/h7H,4-6H2,1-3H3. The topological polar surface area (TPSA) is 43.4 Å². The van der Waals surface area contributed by atoms with E-state index in [1.165, 1.54) is 0 Å². The van der Waals surface area contributed by atoms with E-state index in [0.717, 1.165) is 12.8 Å². The van der Waals surface area contributed by atoms with E-state index in [0.29, 0.717) is 6.42 Å². The summed E-state index contributed by atoms with van der Waals surface area (Å²) in [6, 6.07) is 0. The van der Waals surface area contributed by atoms with E-state index in [9.17, 15) is 9.59 Å². The second-order valence-corrected chi connectivity index (χ2v) is 2.98. The smallest absolute Gasteiger partial charge is 0.374 e. The van der Waals surface area contributed by atoms with Crippen LogP contribution in [-0.2, 0) is 14.3 Å². The zero-order valence-electron chi connectivity index (χ0n) is 7.92. The molecule has 0 N–H and O–H groups in total. The molecule has 0 amide bonds. The van der Waals surface area contributed by atoms with Gasteiger partial charge < -0.3 is 4.74 Å². The maximum absolute atomic E-state index is 11.0. The number of carbonyl (C=O) groups excluding carboxylic acids is 2. The molecule has 0 bridgehead atoms. The lowest BCUT2D eigenvalue weighted by atomic mass is 10.2. The number of hydrogen-bond acceptors (Lipinski definition) is 3. The number of Topliss-reactive ketones (excluding diaryl/α,β-unsaturated/α-hetero) is 1. The van der Waals surface area contributed by atoms with Gasteiger partial charge in [-0.25, -0.2) is 4.79 Å². The molecule has 0 radical (unpaired) electrons. The van der Waals surface area contributed by atoms with E-state index < -0.39 is 11.8 Å². The Morgan fingerprint density at radius 3 is 2.33 bits per heavy atom. The van der Waals surface area contributed by atoms with E-state index in [4.69, 9.17) is 4.74 Å². The van der Waals surface area contributed by atoms with Crippen LogP contribution in [0.5, 0.6) is 0 Å². The number of hydrogen-bond donors (Lipinski definition) is 0. The molecule has 3 nitrogen and oxygen atoms in total. The highest BCUT2D eigenvalue weighted by Gasteiger charge is 2.15. The molecule has 0 aliphatic carbocycles. The van der Waals surface area contributed by atoms with Gasteiger partial charge in [0.2, 0.25) is 5.78 Å². The molecule has 0 aromatic rings. The lowest BCUT2D eigenvalue weighted by Crippen LogP contribution is -2.20. The fraction of sp³-hybridized carbons (Fsp3) is 0.778. The quantitative estimate of drug-likeness (QED) is 0.468. The second kappa shape index (κ2) is 5.75. The van der Waals surface area contributed by atoms with Gasteiger partial charge in [0.05, 0.1) is 6.10 Å². The van der Waals surface area contributed by atoms with E-state index >= 15 is 0 Å². The summed E-state index contributed by atoms with van der Waals surface area (Å²) in [5.74, 6) is -1.11. The number of rotatable bonds is 5. The second-order valence-electron chi connectivity index (χ2n) is 2.98. The SMILES string of the molecule is CCCCC(=O)C(=O)OC(C)C. The Morgan fingerprint density at radius 1 is 1.33 bits per heavy atom. The molecule has 0 fully saturated rings. The summed E-state index contributed by atoms with van der Waals surface area (Å²) in [7, 11) is 0.